The average Bonchev–Trinajstić information content (AvgIpc) is 2.92. The first kappa shape index (κ1) is 15.1. The van der Waals surface area contributed by atoms with E-state index in [0.717, 1.165) is 30.6 Å². The summed E-state index contributed by atoms with van der Waals surface area (Å²) < 4.78 is 0. The Bertz CT molecular complexity index is 523. The van der Waals surface area contributed by atoms with Crippen molar-refractivity contribution in [1.29, 1.82) is 0 Å². The number of hydrogen-bond acceptors (Lipinski definition) is 2. The van der Waals surface area contributed by atoms with Crippen LogP contribution >= 0.6 is 11.6 Å². The van der Waals surface area contributed by atoms with Gasteiger partial charge in [0.2, 0.25) is 0 Å². The average molecular weight is 294 g/mol. The summed E-state index contributed by atoms with van der Waals surface area (Å²) in [4.78, 5) is 11.6. The second kappa shape index (κ2) is 5.98. The van der Waals surface area contributed by atoms with Crippen molar-refractivity contribution in [2.45, 2.75) is 31.1 Å². The van der Waals surface area contributed by atoms with E-state index in [1.54, 1.807) is 19.1 Å². The third-order valence-electron chi connectivity index (χ3n) is 4.16. The van der Waals surface area contributed by atoms with Gasteiger partial charge in [-0.3, -0.25) is 4.79 Å². The molecule has 0 aromatic heterocycles. The van der Waals surface area contributed by atoms with Gasteiger partial charge in [-0.15, -0.1) is 6.58 Å². The Balaban J connectivity index is 2.36. The molecule has 2 atom stereocenters. The van der Waals surface area contributed by atoms with Crippen LogP contribution in [-0.2, 0) is 10.2 Å². The Morgan fingerprint density at radius 2 is 2.40 bits per heavy atom. The van der Waals surface area contributed by atoms with Gasteiger partial charge in [-0.05, 0) is 49.4 Å². The predicted octanol–water partition coefficient (Wildman–Crippen LogP) is 3.34. The number of carboxylic acid groups (broad SMARTS) is 1. The van der Waals surface area contributed by atoms with Crippen molar-refractivity contribution < 1.29 is 9.90 Å². The molecule has 0 amide bonds. The molecule has 2 rings (SSSR count). The lowest BCUT2D eigenvalue weighted by atomic mass is 9.79. The predicted molar refractivity (Wildman–Crippen MR) is 81.5 cm³/mol. The lowest BCUT2D eigenvalue weighted by Crippen LogP contribution is -2.31. The molecule has 1 heterocycles. The van der Waals surface area contributed by atoms with E-state index in [0.29, 0.717) is 17.4 Å². The lowest BCUT2D eigenvalue weighted by Gasteiger charge is -2.25. The fourth-order valence-electron chi connectivity index (χ4n) is 2.74. The van der Waals surface area contributed by atoms with E-state index in [-0.39, 0.29) is 0 Å². The van der Waals surface area contributed by atoms with Crippen LogP contribution in [0, 0.1) is 0 Å². The third kappa shape index (κ3) is 2.74. The minimum absolute atomic E-state index is 0.378. The van der Waals surface area contributed by atoms with Crippen molar-refractivity contribution in [2.75, 3.05) is 13.1 Å². The molecule has 1 fully saturated rings. The maximum absolute atomic E-state index is 11.6. The van der Waals surface area contributed by atoms with Gasteiger partial charge in [-0.1, -0.05) is 29.8 Å². The Morgan fingerprint density at radius 3 is 2.90 bits per heavy atom. The molecular formula is C16H20ClNO2. The van der Waals surface area contributed by atoms with Crippen molar-refractivity contribution in [3.8, 4) is 0 Å². The zero-order valence-electron chi connectivity index (χ0n) is 11.7. The molecule has 1 aromatic carbocycles. The van der Waals surface area contributed by atoms with Crippen molar-refractivity contribution in [3.05, 3.63) is 47.0 Å². The fraction of sp³-hybridized carbons (Fsp3) is 0.438. The normalized spacial score (nSPS) is 21.4. The Labute approximate surface area is 124 Å². The highest BCUT2D eigenvalue weighted by atomic mass is 35.5. The minimum atomic E-state index is -0.974. The first-order valence-corrected chi connectivity index (χ1v) is 7.22. The Kier molecular flexibility index (Phi) is 4.51. The topological polar surface area (TPSA) is 49.3 Å². The number of benzene rings is 1. The highest BCUT2D eigenvalue weighted by Gasteiger charge is 2.34. The second-order valence-corrected chi connectivity index (χ2v) is 5.96. The van der Waals surface area contributed by atoms with Gasteiger partial charge in [0.1, 0.15) is 0 Å². The Hall–Kier alpha value is -1.32. The minimum Gasteiger partial charge on any atom is -0.481 e. The van der Waals surface area contributed by atoms with Crippen molar-refractivity contribution in [2.24, 2.45) is 0 Å². The SMILES string of the molecule is C=CCC(C)(C(=O)O)c1ccc(C2CCNC2)c(Cl)c1. The van der Waals surface area contributed by atoms with E-state index >= 15 is 0 Å². The molecule has 1 aliphatic rings. The molecule has 3 nitrogen and oxygen atoms in total. The molecule has 1 aliphatic heterocycles. The van der Waals surface area contributed by atoms with Crippen LogP contribution in [0.1, 0.15) is 36.8 Å². The van der Waals surface area contributed by atoms with Gasteiger partial charge < -0.3 is 10.4 Å². The maximum atomic E-state index is 11.6. The van der Waals surface area contributed by atoms with Crippen molar-refractivity contribution in [1.82, 2.24) is 5.32 Å². The number of carboxylic acids is 1. The number of aliphatic carboxylic acids is 1. The second-order valence-electron chi connectivity index (χ2n) is 5.56. The standard InChI is InChI=1S/C16H20ClNO2/c1-3-7-16(2,15(19)20)12-4-5-13(14(17)9-12)11-6-8-18-10-11/h3-5,9,11,18H,1,6-8,10H2,2H3,(H,19,20). The third-order valence-corrected chi connectivity index (χ3v) is 4.49. The molecule has 1 saturated heterocycles. The highest BCUT2D eigenvalue weighted by Crippen LogP contribution is 2.35. The summed E-state index contributed by atoms with van der Waals surface area (Å²) in [6.45, 7) is 7.30. The molecule has 1 aromatic rings. The summed E-state index contributed by atoms with van der Waals surface area (Å²) in [5.41, 5.74) is 0.856. The quantitative estimate of drug-likeness (QED) is 0.819. The van der Waals surface area contributed by atoms with Crippen LogP contribution in [0.2, 0.25) is 5.02 Å². The van der Waals surface area contributed by atoms with Crippen LogP contribution in [0.25, 0.3) is 0 Å². The van der Waals surface area contributed by atoms with Crippen LogP contribution < -0.4 is 5.32 Å². The fourth-order valence-corrected chi connectivity index (χ4v) is 3.07. The largest absolute Gasteiger partial charge is 0.481 e. The lowest BCUT2D eigenvalue weighted by molar-refractivity contribution is -0.143. The van der Waals surface area contributed by atoms with Crippen LogP contribution in [-0.4, -0.2) is 24.2 Å². The monoisotopic (exact) mass is 293 g/mol. The van der Waals surface area contributed by atoms with Gasteiger partial charge >= 0.3 is 5.97 Å². The van der Waals surface area contributed by atoms with Crippen LogP contribution in [0.15, 0.2) is 30.9 Å². The molecule has 2 N–H and O–H groups in total. The van der Waals surface area contributed by atoms with E-state index in [2.05, 4.69) is 11.9 Å². The van der Waals surface area contributed by atoms with E-state index in [1.165, 1.54) is 0 Å². The van der Waals surface area contributed by atoms with Crippen LogP contribution in [0.3, 0.4) is 0 Å². The summed E-state index contributed by atoms with van der Waals surface area (Å²) in [6.07, 6.45) is 3.09. The van der Waals surface area contributed by atoms with E-state index < -0.39 is 11.4 Å². The van der Waals surface area contributed by atoms with Crippen LogP contribution in [0.4, 0.5) is 0 Å². The highest BCUT2D eigenvalue weighted by molar-refractivity contribution is 6.31. The first-order chi connectivity index (χ1) is 9.49. The molecule has 4 heteroatoms. The molecular weight excluding hydrogens is 274 g/mol. The van der Waals surface area contributed by atoms with Gasteiger partial charge in [0.25, 0.3) is 0 Å². The molecule has 0 aliphatic carbocycles. The summed E-state index contributed by atoms with van der Waals surface area (Å²) in [6, 6.07) is 5.66. The summed E-state index contributed by atoms with van der Waals surface area (Å²) in [7, 11) is 0. The zero-order chi connectivity index (χ0) is 14.8. The van der Waals surface area contributed by atoms with Gasteiger partial charge in [-0.25, -0.2) is 0 Å². The molecule has 2 unspecified atom stereocenters. The molecule has 20 heavy (non-hydrogen) atoms. The van der Waals surface area contributed by atoms with E-state index in [4.69, 9.17) is 11.6 Å². The molecule has 0 radical (unpaired) electrons. The first-order valence-electron chi connectivity index (χ1n) is 6.84. The smallest absolute Gasteiger partial charge is 0.314 e. The van der Waals surface area contributed by atoms with E-state index in [9.17, 15) is 9.90 Å². The van der Waals surface area contributed by atoms with E-state index in [1.807, 2.05) is 12.1 Å². The summed E-state index contributed by atoms with van der Waals surface area (Å²) in [5.74, 6) is -0.434. The summed E-state index contributed by atoms with van der Waals surface area (Å²) >= 11 is 6.37. The van der Waals surface area contributed by atoms with Crippen molar-refractivity contribution in [3.63, 3.8) is 0 Å². The molecule has 0 bridgehead atoms. The zero-order valence-corrected chi connectivity index (χ0v) is 12.4. The number of hydrogen-bond donors (Lipinski definition) is 2. The molecule has 108 valence electrons. The maximum Gasteiger partial charge on any atom is 0.314 e. The van der Waals surface area contributed by atoms with Gasteiger partial charge in [0.05, 0.1) is 5.41 Å². The number of rotatable bonds is 5. The van der Waals surface area contributed by atoms with Crippen molar-refractivity contribution >= 4 is 17.6 Å². The number of halogens is 1. The molecule has 0 saturated carbocycles. The number of allylic oxidation sites excluding steroid dienone is 1. The Morgan fingerprint density at radius 1 is 1.65 bits per heavy atom. The van der Waals surface area contributed by atoms with Crippen LogP contribution in [0.5, 0.6) is 0 Å². The molecule has 0 spiro atoms. The summed E-state index contributed by atoms with van der Waals surface area (Å²) in [5, 5.41) is 13.5. The number of carbonyl (C=O) groups is 1. The number of nitrogens with one attached hydrogen (secondary N) is 1. The van der Waals surface area contributed by atoms with Gasteiger partial charge in [0, 0.05) is 11.6 Å². The van der Waals surface area contributed by atoms with Gasteiger partial charge in [-0.2, -0.15) is 0 Å². The van der Waals surface area contributed by atoms with Gasteiger partial charge in [0.15, 0.2) is 0 Å².